The summed E-state index contributed by atoms with van der Waals surface area (Å²) >= 11 is 0. The Kier molecular flexibility index (Phi) is 5.04. The van der Waals surface area contributed by atoms with Gasteiger partial charge in [0.15, 0.2) is 6.61 Å². The summed E-state index contributed by atoms with van der Waals surface area (Å²) in [5, 5.41) is 2.36. The van der Waals surface area contributed by atoms with Crippen molar-refractivity contribution < 1.29 is 27.1 Å². The zero-order valence-corrected chi connectivity index (χ0v) is 9.58. The zero-order chi connectivity index (χ0) is 14.5. The van der Waals surface area contributed by atoms with Gasteiger partial charge in [0.25, 0.3) is 0 Å². The molecule has 0 fully saturated rings. The highest BCUT2D eigenvalue weighted by molar-refractivity contribution is 5.91. The second-order valence-corrected chi connectivity index (χ2v) is 3.49. The molecule has 1 heterocycles. The summed E-state index contributed by atoms with van der Waals surface area (Å²) in [6.45, 7) is -1.70. The van der Waals surface area contributed by atoms with Crippen LogP contribution in [0.1, 0.15) is 0 Å². The van der Waals surface area contributed by atoms with Crippen molar-refractivity contribution in [3.05, 3.63) is 18.3 Å². The van der Waals surface area contributed by atoms with Crippen LogP contribution in [0.3, 0.4) is 0 Å². The van der Waals surface area contributed by atoms with Gasteiger partial charge in [-0.2, -0.15) is 8.78 Å². The summed E-state index contributed by atoms with van der Waals surface area (Å²) in [4.78, 5) is 14.5. The first-order valence-electron chi connectivity index (χ1n) is 5.10. The Balaban J connectivity index is 2.55. The Morgan fingerprint density at radius 2 is 2.16 bits per heavy atom. The lowest BCUT2D eigenvalue weighted by Crippen LogP contribution is -2.33. The molecule has 1 aromatic rings. The summed E-state index contributed by atoms with van der Waals surface area (Å²) in [6.07, 6.45) is -2.68. The minimum absolute atomic E-state index is 0.223. The third-order valence-corrected chi connectivity index (χ3v) is 1.94. The van der Waals surface area contributed by atoms with E-state index in [0.717, 1.165) is 12.3 Å². The minimum Gasteiger partial charge on any atom is -0.471 e. The quantitative estimate of drug-likeness (QED) is 0.769. The molecule has 3 N–H and O–H groups in total. The second kappa shape index (κ2) is 6.32. The van der Waals surface area contributed by atoms with E-state index in [1.54, 1.807) is 0 Å². The van der Waals surface area contributed by atoms with Crippen LogP contribution in [0.15, 0.2) is 18.3 Å². The van der Waals surface area contributed by atoms with Gasteiger partial charge < -0.3 is 15.8 Å². The highest BCUT2D eigenvalue weighted by atomic mass is 19.3. The molecule has 0 bridgehead atoms. The number of nitrogens with two attached hydrogens (primary N) is 1. The second-order valence-electron chi connectivity index (χ2n) is 3.49. The first kappa shape index (κ1) is 15.2. The van der Waals surface area contributed by atoms with Gasteiger partial charge in [0, 0.05) is 6.07 Å². The molecular formula is C10H11F4N3O2. The number of pyridine rings is 1. The van der Waals surface area contributed by atoms with E-state index in [9.17, 15) is 22.4 Å². The van der Waals surface area contributed by atoms with Crippen LogP contribution >= 0.6 is 0 Å². The van der Waals surface area contributed by atoms with Crippen molar-refractivity contribution in [2.75, 3.05) is 18.5 Å². The van der Waals surface area contributed by atoms with Crippen molar-refractivity contribution in [2.45, 2.75) is 12.3 Å². The smallest absolute Gasteiger partial charge is 0.340 e. The number of amides is 1. The van der Waals surface area contributed by atoms with E-state index in [-0.39, 0.29) is 18.1 Å². The van der Waals surface area contributed by atoms with E-state index >= 15 is 0 Å². The lowest BCUT2D eigenvalue weighted by Gasteiger charge is -2.15. The fourth-order valence-electron chi connectivity index (χ4n) is 0.985. The standard InChI is InChI=1S/C10H11F4N3O2/c11-9(12)10(13,14)5-19-8-2-1-6(4-16-8)17-7(18)3-15/h1-2,4,9H,3,5,15H2,(H,17,18). The largest absolute Gasteiger partial charge is 0.471 e. The SMILES string of the molecule is NCC(=O)Nc1ccc(OCC(F)(F)C(F)F)nc1. The van der Waals surface area contributed by atoms with Gasteiger partial charge in [-0.15, -0.1) is 0 Å². The lowest BCUT2D eigenvalue weighted by atomic mass is 10.4. The molecule has 0 aliphatic rings. The van der Waals surface area contributed by atoms with Crippen LogP contribution in [0.25, 0.3) is 0 Å². The number of hydrogen-bond acceptors (Lipinski definition) is 4. The van der Waals surface area contributed by atoms with Gasteiger partial charge in [-0.05, 0) is 6.07 Å². The number of alkyl halides is 4. The number of ether oxygens (including phenoxy) is 1. The number of anilines is 1. The molecule has 1 amide bonds. The number of aromatic nitrogens is 1. The molecule has 19 heavy (non-hydrogen) atoms. The Hall–Kier alpha value is -1.90. The minimum atomic E-state index is -4.24. The Bertz CT molecular complexity index is 425. The molecule has 106 valence electrons. The average molecular weight is 281 g/mol. The molecule has 0 saturated carbocycles. The van der Waals surface area contributed by atoms with Gasteiger partial charge in [-0.1, -0.05) is 0 Å². The number of nitrogens with one attached hydrogen (secondary N) is 1. The van der Waals surface area contributed by atoms with Crippen LogP contribution in [0.5, 0.6) is 5.88 Å². The monoisotopic (exact) mass is 281 g/mol. The Morgan fingerprint density at radius 3 is 2.63 bits per heavy atom. The topological polar surface area (TPSA) is 77.2 Å². The molecule has 9 heteroatoms. The first-order chi connectivity index (χ1) is 8.85. The Morgan fingerprint density at radius 1 is 1.47 bits per heavy atom. The first-order valence-corrected chi connectivity index (χ1v) is 5.10. The molecular weight excluding hydrogens is 270 g/mol. The molecule has 0 aliphatic carbocycles. The normalized spacial score (nSPS) is 11.5. The maximum atomic E-state index is 12.6. The van der Waals surface area contributed by atoms with Gasteiger partial charge in [-0.3, -0.25) is 4.79 Å². The molecule has 0 unspecified atom stereocenters. The molecule has 0 radical (unpaired) electrons. The summed E-state index contributed by atoms with van der Waals surface area (Å²) in [6, 6.07) is 2.48. The van der Waals surface area contributed by atoms with Gasteiger partial charge in [0.05, 0.1) is 18.4 Å². The number of rotatable bonds is 6. The van der Waals surface area contributed by atoms with Crippen molar-refractivity contribution in [3.8, 4) is 5.88 Å². The summed E-state index contributed by atoms with van der Waals surface area (Å²) in [5.41, 5.74) is 5.34. The summed E-state index contributed by atoms with van der Waals surface area (Å²) < 4.78 is 53.3. The molecule has 0 aromatic carbocycles. The van der Waals surface area contributed by atoms with Crippen molar-refractivity contribution in [2.24, 2.45) is 5.73 Å². The average Bonchev–Trinajstić information content (AvgIpc) is 2.37. The predicted molar refractivity (Wildman–Crippen MR) is 58.4 cm³/mol. The van der Waals surface area contributed by atoms with Crippen LogP contribution in [-0.2, 0) is 4.79 Å². The van der Waals surface area contributed by atoms with E-state index in [2.05, 4.69) is 15.0 Å². The fourth-order valence-corrected chi connectivity index (χ4v) is 0.985. The highest BCUT2D eigenvalue weighted by Gasteiger charge is 2.41. The third-order valence-electron chi connectivity index (χ3n) is 1.94. The van der Waals surface area contributed by atoms with E-state index < -0.39 is 24.9 Å². The molecule has 0 aliphatic heterocycles. The van der Waals surface area contributed by atoms with Crippen LogP contribution < -0.4 is 15.8 Å². The summed E-state index contributed by atoms with van der Waals surface area (Å²) in [7, 11) is 0. The number of carbonyl (C=O) groups is 1. The summed E-state index contributed by atoms with van der Waals surface area (Å²) in [5.74, 6) is -4.96. The lowest BCUT2D eigenvalue weighted by molar-refractivity contribution is -0.148. The van der Waals surface area contributed by atoms with Crippen molar-refractivity contribution in [3.63, 3.8) is 0 Å². The van der Waals surface area contributed by atoms with Crippen molar-refractivity contribution in [1.29, 1.82) is 0 Å². The number of hydrogen-bond donors (Lipinski definition) is 2. The van der Waals surface area contributed by atoms with E-state index in [4.69, 9.17) is 5.73 Å². The Labute approximate surface area is 105 Å². The molecule has 0 saturated heterocycles. The molecule has 5 nitrogen and oxygen atoms in total. The van der Waals surface area contributed by atoms with Gasteiger partial charge in [0.1, 0.15) is 0 Å². The van der Waals surface area contributed by atoms with Gasteiger partial charge >= 0.3 is 12.3 Å². The predicted octanol–water partition coefficient (Wildman–Crippen LogP) is 1.26. The van der Waals surface area contributed by atoms with E-state index in [1.165, 1.54) is 6.07 Å². The fraction of sp³-hybridized carbons (Fsp3) is 0.400. The molecule has 0 atom stereocenters. The zero-order valence-electron chi connectivity index (χ0n) is 9.58. The highest BCUT2D eigenvalue weighted by Crippen LogP contribution is 2.23. The van der Waals surface area contributed by atoms with Gasteiger partial charge in [0.2, 0.25) is 11.8 Å². The third kappa shape index (κ3) is 4.70. The van der Waals surface area contributed by atoms with Crippen LogP contribution in [0.4, 0.5) is 23.2 Å². The van der Waals surface area contributed by atoms with Crippen LogP contribution in [0.2, 0.25) is 0 Å². The van der Waals surface area contributed by atoms with Crippen molar-refractivity contribution in [1.82, 2.24) is 4.98 Å². The maximum absolute atomic E-state index is 12.6. The molecule has 0 spiro atoms. The number of carbonyl (C=O) groups excluding carboxylic acids is 1. The van der Waals surface area contributed by atoms with E-state index in [1.807, 2.05) is 0 Å². The molecule has 1 rings (SSSR count). The van der Waals surface area contributed by atoms with Crippen LogP contribution in [-0.4, -0.2) is 36.4 Å². The van der Waals surface area contributed by atoms with Gasteiger partial charge in [-0.25, -0.2) is 13.8 Å². The van der Waals surface area contributed by atoms with Crippen molar-refractivity contribution >= 4 is 11.6 Å². The number of halogens is 4. The van der Waals surface area contributed by atoms with Crippen LogP contribution in [0, 0.1) is 0 Å². The molecule has 1 aromatic heterocycles. The number of nitrogens with zero attached hydrogens (tertiary/aromatic N) is 1. The maximum Gasteiger partial charge on any atom is 0.340 e. The van der Waals surface area contributed by atoms with E-state index in [0.29, 0.717) is 0 Å².